The van der Waals surface area contributed by atoms with Crippen LogP contribution in [-0.4, -0.2) is 42.0 Å². The molecule has 1 heterocycles. The predicted octanol–water partition coefficient (Wildman–Crippen LogP) is 0.857. The number of likely N-dealkylation sites (tertiary alicyclic amines) is 1. The van der Waals surface area contributed by atoms with Gasteiger partial charge in [0.05, 0.1) is 6.04 Å². The molecule has 0 radical (unpaired) electrons. The minimum absolute atomic E-state index is 0.0227. The van der Waals surface area contributed by atoms with Gasteiger partial charge in [0.25, 0.3) is 0 Å². The largest absolute Gasteiger partial charge is 0.352 e. The molecule has 0 bridgehead atoms. The Morgan fingerprint density at radius 1 is 1.29 bits per heavy atom. The number of carbonyl (C=O) groups excluding carboxylic acids is 1. The van der Waals surface area contributed by atoms with Crippen molar-refractivity contribution in [1.82, 2.24) is 10.2 Å². The fraction of sp³-hybridized carbons (Fsp3) is 0.923. The molecule has 98 valence electrons. The SMILES string of the molecule is CC(C(=O)NC1CCCCC1)N1CC[C@@H](N)C1. The third-order valence-electron chi connectivity index (χ3n) is 4.13. The highest BCUT2D eigenvalue weighted by Crippen LogP contribution is 2.18. The molecule has 1 saturated carbocycles. The fourth-order valence-electron chi connectivity index (χ4n) is 2.90. The summed E-state index contributed by atoms with van der Waals surface area (Å²) in [5.41, 5.74) is 5.87. The zero-order chi connectivity index (χ0) is 12.3. The number of amides is 1. The summed E-state index contributed by atoms with van der Waals surface area (Å²) in [5.74, 6) is 0.186. The first kappa shape index (κ1) is 12.8. The second-order valence-electron chi connectivity index (χ2n) is 5.56. The van der Waals surface area contributed by atoms with Crippen LogP contribution < -0.4 is 11.1 Å². The second-order valence-corrected chi connectivity index (χ2v) is 5.56. The van der Waals surface area contributed by atoms with Crippen LogP contribution in [0.4, 0.5) is 0 Å². The molecule has 2 fully saturated rings. The molecule has 1 unspecified atom stereocenters. The van der Waals surface area contributed by atoms with Gasteiger partial charge in [-0.1, -0.05) is 19.3 Å². The molecule has 4 heteroatoms. The molecule has 2 atom stereocenters. The van der Waals surface area contributed by atoms with Crippen molar-refractivity contribution in [2.45, 2.75) is 63.6 Å². The number of nitrogens with zero attached hydrogens (tertiary/aromatic N) is 1. The average Bonchev–Trinajstić information content (AvgIpc) is 2.76. The van der Waals surface area contributed by atoms with Gasteiger partial charge in [0.2, 0.25) is 5.91 Å². The molecule has 4 nitrogen and oxygen atoms in total. The minimum atomic E-state index is -0.0227. The van der Waals surface area contributed by atoms with Crippen LogP contribution in [0, 0.1) is 0 Å². The Labute approximate surface area is 104 Å². The van der Waals surface area contributed by atoms with Crippen molar-refractivity contribution in [3.63, 3.8) is 0 Å². The molecule has 3 N–H and O–H groups in total. The normalized spacial score (nSPS) is 29.2. The molecular formula is C13H25N3O. The maximum absolute atomic E-state index is 12.1. The van der Waals surface area contributed by atoms with Crippen LogP contribution in [-0.2, 0) is 4.79 Å². The highest BCUT2D eigenvalue weighted by Gasteiger charge is 2.28. The van der Waals surface area contributed by atoms with E-state index < -0.39 is 0 Å². The van der Waals surface area contributed by atoms with Crippen molar-refractivity contribution < 1.29 is 4.79 Å². The van der Waals surface area contributed by atoms with Crippen LogP contribution >= 0.6 is 0 Å². The monoisotopic (exact) mass is 239 g/mol. The van der Waals surface area contributed by atoms with E-state index in [-0.39, 0.29) is 18.0 Å². The molecule has 17 heavy (non-hydrogen) atoms. The highest BCUT2D eigenvalue weighted by atomic mass is 16.2. The number of nitrogens with two attached hydrogens (primary N) is 1. The first-order valence-electron chi connectivity index (χ1n) is 6.97. The summed E-state index contributed by atoms with van der Waals surface area (Å²) < 4.78 is 0. The Kier molecular flexibility index (Phi) is 4.40. The van der Waals surface area contributed by atoms with E-state index in [1.807, 2.05) is 6.92 Å². The Bertz CT molecular complexity index is 263. The quantitative estimate of drug-likeness (QED) is 0.768. The smallest absolute Gasteiger partial charge is 0.237 e. The molecule has 2 aliphatic rings. The standard InChI is InChI=1S/C13H25N3O/c1-10(16-8-7-11(14)9-16)13(17)15-12-5-3-2-4-6-12/h10-12H,2-9,14H2,1H3,(H,15,17)/t10?,11-/m1/s1. The number of nitrogens with one attached hydrogen (secondary N) is 1. The van der Waals surface area contributed by atoms with Crippen LogP contribution in [0.25, 0.3) is 0 Å². The summed E-state index contributed by atoms with van der Waals surface area (Å²) in [6.45, 7) is 3.82. The van der Waals surface area contributed by atoms with Gasteiger partial charge in [0, 0.05) is 25.2 Å². The van der Waals surface area contributed by atoms with Crippen LogP contribution in [0.2, 0.25) is 0 Å². The Hall–Kier alpha value is -0.610. The van der Waals surface area contributed by atoms with E-state index in [1.54, 1.807) is 0 Å². The number of rotatable bonds is 3. The van der Waals surface area contributed by atoms with E-state index in [1.165, 1.54) is 19.3 Å². The van der Waals surface area contributed by atoms with Gasteiger partial charge in [-0.3, -0.25) is 9.69 Å². The van der Waals surface area contributed by atoms with Gasteiger partial charge in [0.15, 0.2) is 0 Å². The van der Waals surface area contributed by atoms with Crippen LogP contribution in [0.1, 0.15) is 45.4 Å². The fourth-order valence-corrected chi connectivity index (χ4v) is 2.90. The molecule has 0 aromatic rings. The third kappa shape index (κ3) is 3.42. The van der Waals surface area contributed by atoms with E-state index in [9.17, 15) is 4.79 Å². The van der Waals surface area contributed by atoms with E-state index in [2.05, 4.69) is 10.2 Å². The van der Waals surface area contributed by atoms with E-state index in [4.69, 9.17) is 5.73 Å². The molecular weight excluding hydrogens is 214 g/mol. The van der Waals surface area contributed by atoms with Crippen molar-refractivity contribution in [3.05, 3.63) is 0 Å². The molecule has 1 aliphatic heterocycles. The van der Waals surface area contributed by atoms with Crippen molar-refractivity contribution >= 4 is 5.91 Å². The Morgan fingerprint density at radius 2 is 2.00 bits per heavy atom. The lowest BCUT2D eigenvalue weighted by Gasteiger charge is -2.28. The molecule has 1 saturated heterocycles. The lowest BCUT2D eigenvalue weighted by molar-refractivity contribution is -0.126. The van der Waals surface area contributed by atoms with Gasteiger partial charge < -0.3 is 11.1 Å². The Morgan fingerprint density at radius 3 is 2.59 bits per heavy atom. The van der Waals surface area contributed by atoms with Crippen molar-refractivity contribution in [1.29, 1.82) is 0 Å². The third-order valence-corrected chi connectivity index (χ3v) is 4.13. The summed E-state index contributed by atoms with van der Waals surface area (Å²) in [6.07, 6.45) is 7.15. The van der Waals surface area contributed by atoms with E-state index >= 15 is 0 Å². The summed E-state index contributed by atoms with van der Waals surface area (Å²) in [6, 6.07) is 0.639. The summed E-state index contributed by atoms with van der Waals surface area (Å²) >= 11 is 0. The van der Waals surface area contributed by atoms with Crippen LogP contribution in [0.15, 0.2) is 0 Å². The lowest BCUT2D eigenvalue weighted by Crippen LogP contribution is -2.48. The number of carbonyl (C=O) groups is 1. The summed E-state index contributed by atoms with van der Waals surface area (Å²) in [5, 5.41) is 3.19. The highest BCUT2D eigenvalue weighted by molar-refractivity contribution is 5.81. The van der Waals surface area contributed by atoms with Gasteiger partial charge in [0.1, 0.15) is 0 Å². The maximum atomic E-state index is 12.1. The first-order valence-corrected chi connectivity index (χ1v) is 6.97. The zero-order valence-electron chi connectivity index (χ0n) is 10.8. The molecule has 0 aromatic carbocycles. The lowest BCUT2D eigenvalue weighted by atomic mass is 9.95. The Balaban J connectivity index is 1.78. The first-order chi connectivity index (χ1) is 8.16. The van der Waals surface area contributed by atoms with Crippen LogP contribution in [0.3, 0.4) is 0 Å². The van der Waals surface area contributed by atoms with Gasteiger partial charge in [-0.2, -0.15) is 0 Å². The van der Waals surface area contributed by atoms with Gasteiger partial charge in [-0.15, -0.1) is 0 Å². The summed E-state index contributed by atoms with van der Waals surface area (Å²) in [7, 11) is 0. The minimum Gasteiger partial charge on any atom is -0.352 e. The van der Waals surface area contributed by atoms with Crippen molar-refractivity contribution in [3.8, 4) is 0 Å². The van der Waals surface area contributed by atoms with Gasteiger partial charge in [-0.05, 0) is 26.2 Å². The molecule has 0 aromatic heterocycles. The molecule has 2 rings (SSSR count). The molecule has 1 amide bonds. The molecule has 1 aliphatic carbocycles. The maximum Gasteiger partial charge on any atom is 0.237 e. The van der Waals surface area contributed by atoms with Crippen molar-refractivity contribution in [2.24, 2.45) is 5.73 Å². The average molecular weight is 239 g/mol. The van der Waals surface area contributed by atoms with Gasteiger partial charge >= 0.3 is 0 Å². The zero-order valence-corrected chi connectivity index (χ0v) is 10.8. The second kappa shape index (κ2) is 5.83. The van der Waals surface area contributed by atoms with E-state index in [0.717, 1.165) is 32.4 Å². The van der Waals surface area contributed by atoms with Crippen molar-refractivity contribution in [2.75, 3.05) is 13.1 Å². The number of hydrogen-bond acceptors (Lipinski definition) is 3. The number of hydrogen-bond donors (Lipinski definition) is 2. The van der Waals surface area contributed by atoms with Gasteiger partial charge in [-0.25, -0.2) is 0 Å². The molecule has 0 spiro atoms. The topological polar surface area (TPSA) is 58.4 Å². The van der Waals surface area contributed by atoms with Crippen LogP contribution in [0.5, 0.6) is 0 Å². The predicted molar refractivity (Wildman–Crippen MR) is 68.6 cm³/mol. The van der Waals surface area contributed by atoms with E-state index in [0.29, 0.717) is 6.04 Å². The summed E-state index contributed by atoms with van der Waals surface area (Å²) in [4.78, 5) is 14.3.